The number of fused-ring (bicyclic) bond motifs is 6. The normalized spacial score (nSPS) is 17.8. The number of anilines is 2. The van der Waals surface area contributed by atoms with E-state index in [0.717, 1.165) is 24.2 Å². The van der Waals surface area contributed by atoms with Crippen LogP contribution in [0.2, 0.25) is 0 Å². The average molecular weight is 617 g/mol. The molecule has 2 atom stereocenters. The largest absolute Gasteiger partial charge is 0.374 e. The fourth-order valence-corrected chi connectivity index (χ4v) is 8.82. The summed E-state index contributed by atoms with van der Waals surface area (Å²) in [6, 6.07) is 47.3. The van der Waals surface area contributed by atoms with Gasteiger partial charge in [-0.15, -0.1) is 0 Å². The summed E-state index contributed by atoms with van der Waals surface area (Å²) in [5.41, 5.74) is 12.4. The van der Waals surface area contributed by atoms with Crippen LogP contribution in [0, 0.1) is 0 Å². The fourth-order valence-electron chi connectivity index (χ4n) is 8.82. The number of nitrogens with one attached hydrogen (secondary N) is 2. The Morgan fingerprint density at radius 2 is 1.19 bits per heavy atom. The molecule has 228 valence electrons. The monoisotopic (exact) mass is 616 g/mol. The highest BCUT2D eigenvalue weighted by Gasteiger charge is 2.32. The SMILES string of the molecule is C1=CCCC(C2Nc3ccccc3NC2c2cccc(-n3c4cccc5c6cccc7c8ccccc8n(c8cccc3c8c54)c67)c2)=C1. The molecule has 6 aromatic carbocycles. The topological polar surface area (TPSA) is 33.4 Å². The number of allylic oxidation sites excluding steroid dienone is 3. The maximum Gasteiger partial charge on any atom is 0.0755 e. The molecule has 4 heterocycles. The van der Waals surface area contributed by atoms with E-state index >= 15 is 0 Å². The predicted molar refractivity (Wildman–Crippen MR) is 202 cm³/mol. The lowest BCUT2D eigenvalue weighted by Crippen LogP contribution is -2.38. The van der Waals surface area contributed by atoms with Crippen molar-refractivity contribution in [3.05, 3.63) is 157 Å². The molecule has 3 aromatic heterocycles. The molecular weight excluding hydrogens is 585 g/mol. The van der Waals surface area contributed by atoms with E-state index in [1.807, 2.05) is 0 Å². The molecule has 0 fully saturated rings. The molecule has 2 unspecified atom stereocenters. The molecule has 4 heteroatoms. The maximum atomic E-state index is 3.94. The molecule has 0 saturated carbocycles. The van der Waals surface area contributed by atoms with Gasteiger partial charge in [-0.3, -0.25) is 0 Å². The highest BCUT2D eigenvalue weighted by molar-refractivity contribution is 6.31. The lowest BCUT2D eigenvalue weighted by atomic mass is 9.86. The molecule has 0 amide bonds. The van der Waals surface area contributed by atoms with Crippen molar-refractivity contribution in [3.8, 4) is 5.69 Å². The van der Waals surface area contributed by atoms with Crippen LogP contribution in [0.5, 0.6) is 0 Å². The van der Waals surface area contributed by atoms with Crippen molar-refractivity contribution in [3.63, 3.8) is 0 Å². The van der Waals surface area contributed by atoms with Crippen molar-refractivity contribution >= 4 is 71.3 Å². The van der Waals surface area contributed by atoms with E-state index in [9.17, 15) is 0 Å². The van der Waals surface area contributed by atoms with Crippen LogP contribution in [0.1, 0.15) is 24.4 Å². The van der Waals surface area contributed by atoms with Crippen molar-refractivity contribution in [1.29, 1.82) is 0 Å². The van der Waals surface area contributed by atoms with Crippen molar-refractivity contribution < 1.29 is 0 Å². The summed E-state index contributed by atoms with van der Waals surface area (Å²) in [4.78, 5) is 0. The number of benzene rings is 6. The number of para-hydroxylation sites is 4. The van der Waals surface area contributed by atoms with E-state index in [0.29, 0.717) is 0 Å². The fraction of sp³-hybridized carbons (Fsp3) is 0.0909. The molecule has 2 aliphatic rings. The van der Waals surface area contributed by atoms with E-state index in [2.05, 4.69) is 165 Å². The van der Waals surface area contributed by atoms with Gasteiger partial charge in [0.2, 0.25) is 0 Å². The number of nitrogens with zero attached hydrogens (tertiary/aromatic N) is 2. The number of hydrogen-bond acceptors (Lipinski definition) is 2. The van der Waals surface area contributed by atoms with Gasteiger partial charge in [-0.1, -0.05) is 97.1 Å². The first-order chi connectivity index (χ1) is 23.8. The quantitative estimate of drug-likeness (QED) is 0.207. The molecule has 0 radical (unpaired) electrons. The molecule has 0 saturated heterocycles. The minimum Gasteiger partial charge on any atom is -0.374 e. The van der Waals surface area contributed by atoms with Crippen LogP contribution in [-0.4, -0.2) is 15.0 Å². The molecule has 48 heavy (non-hydrogen) atoms. The molecule has 0 bridgehead atoms. The first-order valence-corrected chi connectivity index (χ1v) is 17.0. The van der Waals surface area contributed by atoms with Crippen LogP contribution in [-0.2, 0) is 0 Å². The average Bonchev–Trinajstić information content (AvgIpc) is 3.64. The summed E-state index contributed by atoms with van der Waals surface area (Å²) < 4.78 is 4.99. The first kappa shape index (κ1) is 26.1. The summed E-state index contributed by atoms with van der Waals surface area (Å²) in [5.74, 6) is 0. The summed E-state index contributed by atoms with van der Waals surface area (Å²) in [6.45, 7) is 0. The third-order valence-electron chi connectivity index (χ3n) is 10.8. The van der Waals surface area contributed by atoms with Crippen LogP contribution in [0.25, 0.3) is 65.6 Å². The Hall–Kier alpha value is -6.00. The van der Waals surface area contributed by atoms with Gasteiger partial charge >= 0.3 is 0 Å². The van der Waals surface area contributed by atoms with E-state index in [4.69, 9.17) is 0 Å². The minimum atomic E-state index is 0.0853. The van der Waals surface area contributed by atoms with E-state index in [-0.39, 0.29) is 12.1 Å². The number of rotatable bonds is 3. The minimum absolute atomic E-state index is 0.0853. The number of hydrogen-bond donors (Lipinski definition) is 2. The second kappa shape index (κ2) is 9.76. The third kappa shape index (κ3) is 3.49. The summed E-state index contributed by atoms with van der Waals surface area (Å²) in [7, 11) is 0. The van der Waals surface area contributed by atoms with E-state index < -0.39 is 0 Å². The van der Waals surface area contributed by atoms with Crippen LogP contribution in [0.3, 0.4) is 0 Å². The summed E-state index contributed by atoms with van der Waals surface area (Å²) in [5, 5.41) is 15.6. The Balaban J connectivity index is 1.19. The molecule has 1 aliphatic heterocycles. The van der Waals surface area contributed by atoms with Gasteiger partial charge in [0.25, 0.3) is 0 Å². The smallest absolute Gasteiger partial charge is 0.0755 e. The van der Waals surface area contributed by atoms with E-state index in [1.54, 1.807) is 0 Å². The Morgan fingerprint density at radius 1 is 0.542 bits per heavy atom. The van der Waals surface area contributed by atoms with Crippen LogP contribution < -0.4 is 10.6 Å². The summed E-state index contributed by atoms with van der Waals surface area (Å²) >= 11 is 0. The second-order valence-corrected chi connectivity index (χ2v) is 13.4. The van der Waals surface area contributed by atoms with Gasteiger partial charge in [-0.2, -0.15) is 0 Å². The third-order valence-corrected chi connectivity index (χ3v) is 10.8. The lowest BCUT2D eigenvalue weighted by Gasteiger charge is -2.38. The van der Waals surface area contributed by atoms with E-state index in [1.165, 1.54) is 76.7 Å². The maximum absolute atomic E-state index is 3.94. The number of aromatic nitrogens is 2. The van der Waals surface area contributed by atoms with Crippen molar-refractivity contribution in [2.45, 2.75) is 24.9 Å². The van der Waals surface area contributed by atoms with Gasteiger partial charge in [-0.25, -0.2) is 0 Å². The van der Waals surface area contributed by atoms with Gasteiger partial charge in [0, 0.05) is 32.6 Å². The Morgan fingerprint density at radius 3 is 2.04 bits per heavy atom. The Kier molecular flexibility index (Phi) is 5.31. The molecule has 0 spiro atoms. The highest BCUT2D eigenvalue weighted by atomic mass is 15.1. The summed E-state index contributed by atoms with van der Waals surface area (Å²) in [6.07, 6.45) is 8.93. The van der Waals surface area contributed by atoms with Crippen molar-refractivity contribution in [2.75, 3.05) is 10.6 Å². The van der Waals surface area contributed by atoms with Gasteiger partial charge in [0.15, 0.2) is 0 Å². The molecule has 2 N–H and O–H groups in total. The predicted octanol–water partition coefficient (Wildman–Crippen LogP) is 11.2. The first-order valence-electron chi connectivity index (χ1n) is 17.0. The van der Waals surface area contributed by atoms with Gasteiger partial charge in [0.1, 0.15) is 0 Å². The van der Waals surface area contributed by atoms with Crippen LogP contribution in [0.15, 0.2) is 151 Å². The molecule has 1 aliphatic carbocycles. The highest BCUT2D eigenvalue weighted by Crippen LogP contribution is 2.45. The second-order valence-electron chi connectivity index (χ2n) is 13.4. The Labute approximate surface area is 277 Å². The molecular formula is C44H32N4. The van der Waals surface area contributed by atoms with Crippen molar-refractivity contribution in [2.24, 2.45) is 0 Å². The van der Waals surface area contributed by atoms with Crippen LogP contribution >= 0.6 is 0 Å². The zero-order valence-corrected chi connectivity index (χ0v) is 26.3. The lowest BCUT2D eigenvalue weighted by molar-refractivity contribution is 0.644. The van der Waals surface area contributed by atoms with Crippen LogP contribution in [0.4, 0.5) is 11.4 Å². The van der Waals surface area contributed by atoms with Crippen molar-refractivity contribution in [1.82, 2.24) is 8.97 Å². The molecule has 4 nitrogen and oxygen atoms in total. The van der Waals surface area contributed by atoms with Gasteiger partial charge < -0.3 is 19.6 Å². The zero-order chi connectivity index (χ0) is 31.3. The zero-order valence-electron chi connectivity index (χ0n) is 26.3. The van der Waals surface area contributed by atoms with Gasteiger partial charge in [-0.05, 0) is 77.9 Å². The Bertz CT molecular complexity index is 2810. The van der Waals surface area contributed by atoms with Gasteiger partial charge in [0.05, 0.1) is 51.0 Å². The standard InChI is InChI=1S/C44H32N4/c1-2-12-27(13-3-1)42-43(46-35-21-6-5-20-34(35)45-42)28-14-8-15-29(26-28)47-37-23-10-17-31-33-19-9-18-32-30-16-4-7-22-36(30)48(44(32)33)39-25-11-24-38(47)41(39)40(31)37/h1-2,4-12,14-26,42-43,45-46H,3,13H2. The molecule has 11 rings (SSSR count). The molecule has 9 aromatic rings.